The van der Waals surface area contributed by atoms with Crippen LogP contribution in [0, 0.1) is 11.3 Å². The summed E-state index contributed by atoms with van der Waals surface area (Å²) in [7, 11) is 1.80. The first-order chi connectivity index (χ1) is 14.4. The Morgan fingerprint density at radius 3 is 2.37 bits per heavy atom. The van der Waals surface area contributed by atoms with Crippen LogP contribution in [-0.2, 0) is 9.59 Å². The standard InChI is InChI=1S/C24H35N3O3/c1-18-8-12-26(13-9-18)17-21(29)27-14-10-24(11-15-27)16-20(28)22(25(2)23(24)30)19-6-4-3-5-7-19/h3-7,18,20,22,28H,8-17H2,1-2H3/t20-,22+/m1/s1. The van der Waals surface area contributed by atoms with E-state index >= 15 is 0 Å². The topological polar surface area (TPSA) is 64.1 Å². The first-order valence-electron chi connectivity index (χ1n) is 11.4. The Morgan fingerprint density at radius 2 is 1.73 bits per heavy atom. The van der Waals surface area contributed by atoms with Gasteiger partial charge in [-0.15, -0.1) is 0 Å². The van der Waals surface area contributed by atoms with E-state index in [1.54, 1.807) is 11.9 Å². The number of carbonyl (C=O) groups excluding carboxylic acids is 2. The first kappa shape index (κ1) is 21.3. The van der Waals surface area contributed by atoms with E-state index in [1.807, 2.05) is 35.2 Å². The van der Waals surface area contributed by atoms with Gasteiger partial charge in [-0.2, -0.15) is 0 Å². The molecular weight excluding hydrogens is 378 g/mol. The lowest BCUT2D eigenvalue weighted by Crippen LogP contribution is -2.58. The third-order valence-corrected chi connectivity index (χ3v) is 7.61. The highest BCUT2D eigenvalue weighted by Gasteiger charge is 2.51. The van der Waals surface area contributed by atoms with Crippen molar-refractivity contribution in [3.05, 3.63) is 35.9 Å². The zero-order valence-electron chi connectivity index (χ0n) is 18.3. The van der Waals surface area contributed by atoms with Crippen molar-refractivity contribution in [2.75, 3.05) is 39.8 Å². The van der Waals surface area contributed by atoms with E-state index in [1.165, 1.54) is 0 Å². The maximum absolute atomic E-state index is 13.4. The molecule has 30 heavy (non-hydrogen) atoms. The van der Waals surface area contributed by atoms with Crippen LogP contribution in [-0.4, -0.2) is 77.5 Å². The molecule has 3 saturated heterocycles. The molecule has 0 unspecified atom stereocenters. The maximum atomic E-state index is 13.4. The second kappa shape index (κ2) is 8.67. The van der Waals surface area contributed by atoms with Gasteiger partial charge in [0.2, 0.25) is 11.8 Å². The molecule has 0 radical (unpaired) electrons. The Balaban J connectivity index is 1.37. The summed E-state index contributed by atoms with van der Waals surface area (Å²) < 4.78 is 0. The molecule has 2 atom stereocenters. The Bertz CT molecular complexity index is 752. The van der Waals surface area contributed by atoms with Crippen LogP contribution in [0.15, 0.2) is 30.3 Å². The van der Waals surface area contributed by atoms with Gasteiger partial charge in [0.1, 0.15) is 0 Å². The number of hydrogen-bond donors (Lipinski definition) is 1. The molecule has 3 aliphatic rings. The number of aliphatic hydroxyl groups excluding tert-OH is 1. The average molecular weight is 414 g/mol. The molecule has 6 nitrogen and oxygen atoms in total. The summed E-state index contributed by atoms with van der Waals surface area (Å²) in [6.07, 6.45) is 3.49. The molecule has 0 aliphatic carbocycles. The van der Waals surface area contributed by atoms with Gasteiger partial charge in [-0.25, -0.2) is 0 Å². The normalized spacial score (nSPS) is 28.2. The third kappa shape index (κ3) is 4.12. The number of piperidine rings is 3. The SMILES string of the molecule is CC1CCN(CC(=O)N2CCC3(CC2)C[C@@H](O)[C@H](c2ccccc2)N(C)C3=O)CC1. The second-order valence-corrected chi connectivity index (χ2v) is 9.66. The fourth-order valence-corrected chi connectivity index (χ4v) is 5.57. The number of likely N-dealkylation sites (tertiary alicyclic amines) is 3. The number of nitrogens with zero attached hydrogens (tertiary/aromatic N) is 3. The van der Waals surface area contributed by atoms with Gasteiger partial charge in [0.25, 0.3) is 0 Å². The van der Waals surface area contributed by atoms with E-state index in [9.17, 15) is 14.7 Å². The summed E-state index contributed by atoms with van der Waals surface area (Å²) in [5.41, 5.74) is 0.427. The van der Waals surface area contributed by atoms with Crippen molar-refractivity contribution >= 4 is 11.8 Å². The first-order valence-corrected chi connectivity index (χ1v) is 11.4. The van der Waals surface area contributed by atoms with E-state index < -0.39 is 11.5 Å². The molecule has 3 fully saturated rings. The van der Waals surface area contributed by atoms with Crippen LogP contribution in [0.25, 0.3) is 0 Å². The van der Waals surface area contributed by atoms with Crippen LogP contribution in [0.4, 0.5) is 0 Å². The van der Waals surface area contributed by atoms with Crippen LogP contribution in [0.2, 0.25) is 0 Å². The number of aliphatic hydroxyl groups is 1. The van der Waals surface area contributed by atoms with E-state index in [0.717, 1.165) is 37.4 Å². The second-order valence-electron chi connectivity index (χ2n) is 9.66. The summed E-state index contributed by atoms with van der Waals surface area (Å²) >= 11 is 0. The minimum absolute atomic E-state index is 0.110. The number of carbonyl (C=O) groups is 2. The van der Waals surface area contributed by atoms with Gasteiger partial charge >= 0.3 is 0 Å². The summed E-state index contributed by atoms with van der Waals surface area (Å²) in [6.45, 7) is 5.98. The summed E-state index contributed by atoms with van der Waals surface area (Å²) in [4.78, 5) is 32.1. The predicted octanol–water partition coefficient (Wildman–Crippen LogP) is 2.29. The number of likely N-dealkylation sites (N-methyl/N-ethyl adjacent to an activating group) is 1. The fourth-order valence-electron chi connectivity index (χ4n) is 5.57. The molecule has 0 saturated carbocycles. The van der Waals surface area contributed by atoms with Crippen LogP contribution < -0.4 is 0 Å². The van der Waals surface area contributed by atoms with Gasteiger partial charge in [0, 0.05) is 20.1 Å². The van der Waals surface area contributed by atoms with Crippen molar-refractivity contribution in [3.63, 3.8) is 0 Å². The molecule has 164 valence electrons. The highest BCUT2D eigenvalue weighted by molar-refractivity contribution is 5.85. The Kier molecular flexibility index (Phi) is 6.16. The number of hydrogen-bond acceptors (Lipinski definition) is 4. The van der Waals surface area contributed by atoms with Gasteiger partial charge in [-0.05, 0) is 56.7 Å². The van der Waals surface area contributed by atoms with Gasteiger partial charge in [0.15, 0.2) is 0 Å². The molecule has 2 amide bonds. The Labute approximate surface area is 179 Å². The Hall–Kier alpha value is -1.92. The molecule has 3 heterocycles. The number of amides is 2. The van der Waals surface area contributed by atoms with Crippen LogP contribution in [0.3, 0.4) is 0 Å². The molecule has 1 aromatic carbocycles. The highest BCUT2D eigenvalue weighted by Crippen LogP contribution is 2.46. The van der Waals surface area contributed by atoms with Crippen LogP contribution in [0.5, 0.6) is 0 Å². The number of benzene rings is 1. The lowest BCUT2D eigenvalue weighted by Gasteiger charge is -2.50. The minimum Gasteiger partial charge on any atom is -0.391 e. The average Bonchev–Trinajstić information content (AvgIpc) is 2.75. The van der Waals surface area contributed by atoms with E-state index in [-0.39, 0.29) is 17.9 Å². The highest BCUT2D eigenvalue weighted by atomic mass is 16.3. The minimum atomic E-state index is -0.590. The Morgan fingerprint density at radius 1 is 1.10 bits per heavy atom. The molecule has 4 rings (SSSR count). The van der Waals surface area contributed by atoms with Crippen molar-refractivity contribution < 1.29 is 14.7 Å². The van der Waals surface area contributed by atoms with Gasteiger partial charge in [0.05, 0.1) is 24.1 Å². The molecule has 0 bridgehead atoms. The van der Waals surface area contributed by atoms with E-state index in [0.29, 0.717) is 38.9 Å². The molecule has 3 aliphatic heterocycles. The van der Waals surface area contributed by atoms with Crippen molar-refractivity contribution in [3.8, 4) is 0 Å². The van der Waals surface area contributed by atoms with E-state index in [4.69, 9.17) is 0 Å². The lowest BCUT2D eigenvalue weighted by atomic mass is 9.68. The van der Waals surface area contributed by atoms with Crippen molar-refractivity contribution in [2.45, 2.75) is 51.2 Å². The fraction of sp³-hybridized carbons (Fsp3) is 0.667. The van der Waals surface area contributed by atoms with E-state index in [2.05, 4.69) is 11.8 Å². The lowest BCUT2D eigenvalue weighted by molar-refractivity contribution is -0.163. The monoisotopic (exact) mass is 413 g/mol. The molecule has 1 aromatic rings. The van der Waals surface area contributed by atoms with Crippen LogP contribution in [0.1, 0.15) is 50.6 Å². The largest absolute Gasteiger partial charge is 0.391 e. The summed E-state index contributed by atoms with van der Waals surface area (Å²) in [6, 6.07) is 9.47. The van der Waals surface area contributed by atoms with Gasteiger partial charge in [-0.3, -0.25) is 14.5 Å². The van der Waals surface area contributed by atoms with Crippen molar-refractivity contribution in [2.24, 2.45) is 11.3 Å². The smallest absolute Gasteiger partial charge is 0.236 e. The summed E-state index contributed by atoms with van der Waals surface area (Å²) in [5.74, 6) is 1.05. The molecule has 0 aromatic heterocycles. The van der Waals surface area contributed by atoms with Crippen LogP contribution >= 0.6 is 0 Å². The molecule has 1 N–H and O–H groups in total. The zero-order chi connectivity index (χ0) is 21.3. The zero-order valence-corrected chi connectivity index (χ0v) is 18.3. The van der Waals surface area contributed by atoms with Crippen molar-refractivity contribution in [1.29, 1.82) is 0 Å². The predicted molar refractivity (Wildman–Crippen MR) is 116 cm³/mol. The summed E-state index contributed by atoms with van der Waals surface area (Å²) in [5, 5.41) is 11.0. The third-order valence-electron chi connectivity index (χ3n) is 7.61. The van der Waals surface area contributed by atoms with Gasteiger partial charge < -0.3 is 14.9 Å². The van der Waals surface area contributed by atoms with Gasteiger partial charge in [-0.1, -0.05) is 37.3 Å². The number of rotatable bonds is 3. The molecule has 1 spiro atoms. The quantitative estimate of drug-likeness (QED) is 0.826. The van der Waals surface area contributed by atoms with Crippen molar-refractivity contribution in [1.82, 2.24) is 14.7 Å². The molecule has 6 heteroatoms. The maximum Gasteiger partial charge on any atom is 0.236 e. The molecular formula is C24H35N3O3.